The fourth-order valence-electron chi connectivity index (χ4n) is 4.37. The van der Waals surface area contributed by atoms with Crippen molar-refractivity contribution >= 4 is 11.9 Å². The highest BCUT2D eigenvalue weighted by atomic mass is 19.4. The second-order valence-electron chi connectivity index (χ2n) is 8.88. The highest BCUT2D eigenvalue weighted by molar-refractivity contribution is 5.84. The number of carbonyl (C=O) groups is 2. The van der Waals surface area contributed by atoms with Gasteiger partial charge in [-0.3, -0.25) is 4.79 Å². The molecule has 2 fully saturated rings. The van der Waals surface area contributed by atoms with Gasteiger partial charge in [-0.15, -0.1) is 0 Å². The molecule has 0 N–H and O–H groups in total. The number of hydrogen-bond acceptors (Lipinski definition) is 3. The molecule has 8 heteroatoms. The first-order chi connectivity index (χ1) is 13.3. The normalized spacial score (nSPS) is 24.5. The number of ether oxygens (including phenoxy) is 1. The topological polar surface area (TPSA) is 46.6 Å². The lowest BCUT2D eigenvalue weighted by Gasteiger charge is -2.39. The summed E-state index contributed by atoms with van der Waals surface area (Å²) in [5, 5.41) is 0. The minimum Gasteiger partial charge on any atom is -0.444 e. The first-order valence-corrected chi connectivity index (χ1v) is 9.75. The zero-order valence-corrected chi connectivity index (χ0v) is 16.7. The molecular weight excluding hydrogens is 390 g/mol. The van der Waals surface area contributed by atoms with E-state index in [0.717, 1.165) is 25.0 Å². The molecule has 0 spiro atoms. The Kier molecular flexibility index (Phi) is 5.66. The molecule has 2 unspecified atom stereocenters. The van der Waals surface area contributed by atoms with Crippen LogP contribution in [0.4, 0.5) is 22.4 Å². The van der Waals surface area contributed by atoms with Crippen LogP contribution in [0.25, 0.3) is 0 Å². The Labute approximate surface area is 167 Å². The van der Waals surface area contributed by atoms with Gasteiger partial charge in [-0.2, -0.15) is 13.2 Å². The molecule has 2 saturated heterocycles. The summed E-state index contributed by atoms with van der Waals surface area (Å²) >= 11 is 0. The molecule has 1 amide bonds. The molecule has 3 rings (SSSR count). The first-order valence-electron chi connectivity index (χ1n) is 9.75. The fraction of sp³-hybridized carbons (Fsp3) is 0.619. The molecule has 2 aliphatic rings. The van der Waals surface area contributed by atoms with E-state index < -0.39 is 41.6 Å². The molecule has 2 heterocycles. The van der Waals surface area contributed by atoms with Gasteiger partial charge in [0.15, 0.2) is 0 Å². The quantitative estimate of drug-likeness (QED) is 0.643. The van der Waals surface area contributed by atoms with Crippen LogP contribution in [0.5, 0.6) is 0 Å². The van der Waals surface area contributed by atoms with Crippen molar-refractivity contribution in [3.05, 3.63) is 35.1 Å². The molecule has 2 bridgehead atoms. The predicted octanol–water partition coefficient (Wildman–Crippen LogP) is 5.13. The van der Waals surface area contributed by atoms with Crippen molar-refractivity contribution < 1.29 is 31.9 Å². The van der Waals surface area contributed by atoms with Gasteiger partial charge in [0.2, 0.25) is 0 Å². The number of nitrogens with zero attached hydrogens (tertiary/aromatic N) is 1. The molecule has 0 saturated carbocycles. The van der Waals surface area contributed by atoms with E-state index in [2.05, 4.69) is 0 Å². The standard InChI is InChI=1S/C21H25F4NO3/c1-20(2,3)29-19(28)26-15-5-6-16(26)10-13(9-15)18(27)11-12-8-14(22)4-7-17(12)21(23,24)25/h4,7-8,13,15-16H,5-6,9-11H2,1-3H3. The summed E-state index contributed by atoms with van der Waals surface area (Å²) in [5.74, 6) is -1.60. The third kappa shape index (κ3) is 4.90. The Morgan fingerprint density at radius 3 is 2.21 bits per heavy atom. The third-order valence-electron chi connectivity index (χ3n) is 5.53. The van der Waals surface area contributed by atoms with E-state index in [9.17, 15) is 27.2 Å². The van der Waals surface area contributed by atoms with Crippen molar-refractivity contribution in [3.8, 4) is 0 Å². The molecule has 1 aromatic carbocycles. The molecule has 0 radical (unpaired) electrons. The summed E-state index contributed by atoms with van der Waals surface area (Å²) < 4.78 is 58.5. The Bertz CT molecular complexity index is 786. The van der Waals surface area contributed by atoms with Crippen LogP contribution in [-0.2, 0) is 22.1 Å². The van der Waals surface area contributed by atoms with Crippen LogP contribution in [0.15, 0.2) is 18.2 Å². The lowest BCUT2D eigenvalue weighted by molar-refractivity contribution is -0.138. The van der Waals surface area contributed by atoms with Crippen LogP contribution in [0, 0.1) is 11.7 Å². The monoisotopic (exact) mass is 415 g/mol. The zero-order valence-electron chi connectivity index (χ0n) is 16.7. The molecular formula is C21H25F4NO3. The Hall–Kier alpha value is -2.12. The van der Waals surface area contributed by atoms with Crippen LogP contribution in [0.1, 0.15) is 57.6 Å². The number of ketones is 1. The SMILES string of the molecule is CC(C)(C)OC(=O)N1C2CCC1CC(C(=O)Cc1cc(F)ccc1C(F)(F)F)C2. The second kappa shape index (κ2) is 7.61. The van der Waals surface area contributed by atoms with Crippen LogP contribution in [-0.4, -0.2) is 34.5 Å². The van der Waals surface area contributed by atoms with Gasteiger partial charge >= 0.3 is 12.3 Å². The largest absolute Gasteiger partial charge is 0.444 e. The minimum absolute atomic E-state index is 0.160. The highest BCUT2D eigenvalue weighted by Crippen LogP contribution is 2.41. The lowest BCUT2D eigenvalue weighted by Crippen LogP contribution is -2.49. The number of hydrogen-bond donors (Lipinski definition) is 0. The van der Waals surface area contributed by atoms with Crippen molar-refractivity contribution in [3.63, 3.8) is 0 Å². The number of rotatable bonds is 3. The Balaban J connectivity index is 1.71. The number of alkyl halides is 3. The van der Waals surface area contributed by atoms with Gasteiger partial charge in [0.1, 0.15) is 17.2 Å². The van der Waals surface area contributed by atoms with Crippen molar-refractivity contribution in [2.45, 2.75) is 76.7 Å². The van der Waals surface area contributed by atoms with Gasteiger partial charge < -0.3 is 9.64 Å². The maximum atomic E-state index is 13.5. The number of amides is 1. The predicted molar refractivity (Wildman–Crippen MR) is 97.7 cm³/mol. The molecule has 29 heavy (non-hydrogen) atoms. The molecule has 160 valence electrons. The summed E-state index contributed by atoms with van der Waals surface area (Å²) in [5.41, 5.74) is -1.96. The van der Waals surface area contributed by atoms with E-state index in [1.807, 2.05) is 0 Å². The molecule has 4 nitrogen and oxygen atoms in total. The average Bonchev–Trinajstić information content (AvgIpc) is 2.82. The smallest absolute Gasteiger partial charge is 0.416 e. The van der Waals surface area contributed by atoms with Gasteiger partial charge in [-0.1, -0.05) is 0 Å². The number of fused-ring (bicyclic) bond motifs is 2. The van der Waals surface area contributed by atoms with Gasteiger partial charge in [0, 0.05) is 24.4 Å². The molecule has 2 atom stereocenters. The van der Waals surface area contributed by atoms with E-state index in [4.69, 9.17) is 4.74 Å². The number of piperidine rings is 1. The van der Waals surface area contributed by atoms with Gasteiger partial charge in [0.05, 0.1) is 5.56 Å². The minimum atomic E-state index is -4.65. The van der Waals surface area contributed by atoms with Crippen LogP contribution >= 0.6 is 0 Å². The number of benzene rings is 1. The van der Waals surface area contributed by atoms with Crippen LogP contribution in [0.2, 0.25) is 0 Å². The summed E-state index contributed by atoms with van der Waals surface area (Å²) in [4.78, 5) is 26.9. The lowest BCUT2D eigenvalue weighted by atomic mass is 9.84. The fourth-order valence-corrected chi connectivity index (χ4v) is 4.37. The van der Waals surface area contributed by atoms with Crippen molar-refractivity contribution in [2.24, 2.45) is 5.92 Å². The zero-order chi connectivity index (χ0) is 21.6. The maximum Gasteiger partial charge on any atom is 0.416 e. The molecule has 2 aliphatic heterocycles. The van der Waals surface area contributed by atoms with Crippen LogP contribution < -0.4 is 0 Å². The number of carbonyl (C=O) groups excluding carboxylic acids is 2. The number of halogens is 4. The average molecular weight is 415 g/mol. The third-order valence-corrected chi connectivity index (χ3v) is 5.53. The second-order valence-corrected chi connectivity index (χ2v) is 8.88. The molecule has 0 aliphatic carbocycles. The summed E-state index contributed by atoms with van der Waals surface area (Å²) in [6.45, 7) is 5.33. The summed E-state index contributed by atoms with van der Waals surface area (Å²) in [6, 6.07) is 1.88. The molecule has 0 aromatic heterocycles. The van der Waals surface area contributed by atoms with E-state index >= 15 is 0 Å². The van der Waals surface area contributed by atoms with Crippen molar-refractivity contribution in [1.82, 2.24) is 4.90 Å². The Morgan fingerprint density at radius 2 is 1.69 bits per heavy atom. The van der Waals surface area contributed by atoms with E-state index in [1.165, 1.54) is 0 Å². The summed E-state index contributed by atoms with van der Waals surface area (Å²) in [6.07, 6.45) is -3.27. The van der Waals surface area contributed by atoms with Gasteiger partial charge in [-0.25, -0.2) is 9.18 Å². The van der Waals surface area contributed by atoms with Crippen molar-refractivity contribution in [1.29, 1.82) is 0 Å². The van der Waals surface area contributed by atoms with Gasteiger partial charge in [0.25, 0.3) is 0 Å². The number of Topliss-reactive ketones (excluding diaryl/α,β-unsaturated/α-hetero) is 1. The van der Waals surface area contributed by atoms with Crippen LogP contribution in [0.3, 0.4) is 0 Å². The molecule has 1 aromatic rings. The Morgan fingerprint density at radius 1 is 1.10 bits per heavy atom. The first kappa shape index (κ1) is 21.6. The van der Waals surface area contributed by atoms with E-state index in [1.54, 1.807) is 25.7 Å². The maximum absolute atomic E-state index is 13.5. The van der Waals surface area contributed by atoms with Crippen molar-refractivity contribution in [2.75, 3.05) is 0 Å². The highest BCUT2D eigenvalue weighted by Gasteiger charge is 2.46. The van der Waals surface area contributed by atoms with E-state index in [0.29, 0.717) is 18.9 Å². The van der Waals surface area contributed by atoms with Gasteiger partial charge in [-0.05, 0) is 70.2 Å². The summed E-state index contributed by atoms with van der Waals surface area (Å²) in [7, 11) is 0. The van der Waals surface area contributed by atoms with E-state index in [-0.39, 0.29) is 23.4 Å².